The Bertz CT molecular complexity index is 2240. The molecule has 10 heteroatoms. The number of hydrogen-bond donors (Lipinski definition) is 0. The fourth-order valence-electron chi connectivity index (χ4n) is 5.84. The maximum atomic E-state index is 6.01. The summed E-state index contributed by atoms with van der Waals surface area (Å²) in [5.74, 6) is 2.97. The predicted octanol–water partition coefficient (Wildman–Crippen LogP) is 8.88. The molecule has 0 aliphatic heterocycles. The summed E-state index contributed by atoms with van der Waals surface area (Å²) in [6.07, 6.45) is 6.66. The zero-order valence-electron chi connectivity index (χ0n) is 26.8. The second-order valence-electron chi connectivity index (χ2n) is 11.3. The van der Waals surface area contributed by atoms with Crippen molar-refractivity contribution in [2.24, 2.45) is 0 Å². The molecule has 0 fully saturated rings. The number of hydrogen-bond acceptors (Lipinski definition) is 9. The Hall–Kier alpha value is -6.81. The van der Waals surface area contributed by atoms with Gasteiger partial charge in [-0.2, -0.15) is 5.10 Å². The van der Waals surface area contributed by atoms with E-state index in [4.69, 9.17) is 9.47 Å². The molecule has 0 aliphatic carbocycles. The first-order chi connectivity index (χ1) is 24.1. The molecule has 238 valence electrons. The van der Waals surface area contributed by atoms with Crippen molar-refractivity contribution in [3.8, 4) is 29.2 Å². The normalized spacial score (nSPS) is 11.1. The van der Waals surface area contributed by atoms with E-state index in [1.165, 1.54) is 0 Å². The van der Waals surface area contributed by atoms with Gasteiger partial charge in [0.25, 0.3) is 5.95 Å². The summed E-state index contributed by atoms with van der Waals surface area (Å²) in [6, 6.07) is 39.9. The smallest absolute Gasteiger partial charge is 0.254 e. The van der Waals surface area contributed by atoms with Crippen molar-refractivity contribution in [3.05, 3.63) is 146 Å². The Morgan fingerprint density at radius 3 is 1.49 bits per heavy atom. The van der Waals surface area contributed by atoms with Gasteiger partial charge in [-0.15, -0.1) is 5.10 Å². The van der Waals surface area contributed by atoms with E-state index in [0.717, 1.165) is 44.6 Å². The van der Waals surface area contributed by atoms with Gasteiger partial charge in [-0.1, -0.05) is 36.4 Å². The monoisotopic (exact) mass is 642 g/mol. The number of anilines is 4. The number of rotatable bonds is 9. The summed E-state index contributed by atoms with van der Waals surface area (Å²) in [5.41, 5.74) is 5.81. The molecular weight excluding hydrogens is 612 g/mol. The van der Waals surface area contributed by atoms with Crippen LogP contribution in [0.5, 0.6) is 23.3 Å². The Morgan fingerprint density at radius 1 is 0.490 bits per heavy atom. The molecule has 0 bridgehead atoms. The highest BCUT2D eigenvalue weighted by Crippen LogP contribution is 2.38. The molecule has 8 aromatic rings. The second-order valence-corrected chi connectivity index (χ2v) is 11.3. The lowest BCUT2D eigenvalue weighted by molar-refractivity contribution is 0.463. The highest BCUT2D eigenvalue weighted by Gasteiger charge is 2.18. The fraction of sp³-hybridized carbons (Fsp3) is 0.0513. The van der Waals surface area contributed by atoms with Gasteiger partial charge in [0.2, 0.25) is 11.8 Å². The molecule has 0 amide bonds. The van der Waals surface area contributed by atoms with Crippen molar-refractivity contribution in [2.45, 2.75) is 0 Å². The van der Waals surface area contributed by atoms with E-state index < -0.39 is 0 Å². The molecule has 4 aromatic carbocycles. The third-order valence-corrected chi connectivity index (χ3v) is 8.31. The minimum atomic E-state index is 0.485. The number of fused-ring (bicyclic) bond motifs is 3. The summed E-state index contributed by atoms with van der Waals surface area (Å²) in [5, 5.41) is 10.7. The highest BCUT2D eigenvalue weighted by atomic mass is 16.5. The number of pyridine rings is 2. The lowest BCUT2D eigenvalue weighted by Gasteiger charge is -2.21. The molecule has 10 nitrogen and oxygen atoms in total. The number of nitrogens with zero attached hydrogens (tertiary/aromatic N) is 8. The largest absolute Gasteiger partial charge is 0.439 e. The van der Waals surface area contributed by atoms with Crippen LogP contribution in [0.3, 0.4) is 0 Å². The van der Waals surface area contributed by atoms with Crippen LogP contribution in [-0.4, -0.2) is 43.8 Å². The Labute approximate surface area is 282 Å². The second kappa shape index (κ2) is 12.8. The quantitative estimate of drug-likeness (QED) is 0.153. The highest BCUT2D eigenvalue weighted by molar-refractivity contribution is 6.10. The van der Waals surface area contributed by atoms with Crippen molar-refractivity contribution in [2.75, 3.05) is 23.9 Å². The van der Waals surface area contributed by atoms with Gasteiger partial charge in [0.15, 0.2) is 0 Å². The molecule has 0 N–H and O–H groups in total. The molecule has 4 aromatic heterocycles. The van der Waals surface area contributed by atoms with Crippen LogP contribution in [-0.2, 0) is 0 Å². The number of benzene rings is 4. The molecule has 0 unspecified atom stereocenters. The number of aromatic nitrogens is 6. The average molecular weight is 643 g/mol. The van der Waals surface area contributed by atoms with Gasteiger partial charge in [-0.3, -0.25) is 4.57 Å². The van der Waals surface area contributed by atoms with Crippen LogP contribution in [0.4, 0.5) is 22.7 Å². The zero-order valence-corrected chi connectivity index (χ0v) is 26.8. The fourth-order valence-corrected chi connectivity index (χ4v) is 5.84. The van der Waals surface area contributed by atoms with Crippen molar-refractivity contribution >= 4 is 44.6 Å². The van der Waals surface area contributed by atoms with Gasteiger partial charge in [0.1, 0.15) is 11.5 Å². The maximum absolute atomic E-state index is 6.01. The summed E-state index contributed by atoms with van der Waals surface area (Å²) in [4.78, 5) is 17.4. The van der Waals surface area contributed by atoms with Gasteiger partial charge in [-0.25, -0.2) is 15.0 Å². The lowest BCUT2D eigenvalue weighted by atomic mass is 10.1. The van der Waals surface area contributed by atoms with Crippen LogP contribution in [0.2, 0.25) is 0 Å². The van der Waals surface area contributed by atoms with Crippen molar-refractivity contribution in [1.82, 2.24) is 29.7 Å². The zero-order chi connectivity index (χ0) is 33.2. The first kappa shape index (κ1) is 29.6. The van der Waals surface area contributed by atoms with E-state index in [0.29, 0.717) is 29.2 Å². The molecule has 4 heterocycles. The van der Waals surface area contributed by atoms with Gasteiger partial charge < -0.3 is 19.3 Å². The summed E-state index contributed by atoms with van der Waals surface area (Å²) < 4.78 is 14.1. The lowest BCUT2D eigenvalue weighted by Crippen LogP contribution is -2.10. The van der Waals surface area contributed by atoms with Crippen LogP contribution in [0.15, 0.2) is 146 Å². The van der Waals surface area contributed by atoms with Crippen LogP contribution in [0, 0.1) is 0 Å². The third kappa shape index (κ3) is 5.94. The standard InChI is InChI=1S/C39H30N8O2/c1-45(27-9-7-11-31(23-27)48-37-13-3-5-19-40-37)29-15-17-33-34-18-16-30(26-36(34)47(35(33)25-29)39-42-21-22-43-44-39)46(2)28-10-8-12-32(24-28)49-38-14-4-6-20-41-38/h3-26H,1-2H3. The summed E-state index contributed by atoms with van der Waals surface area (Å²) in [7, 11) is 4.07. The van der Waals surface area contributed by atoms with Gasteiger partial charge in [0.05, 0.1) is 23.4 Å². The molecular formula is C39H30N8O2. The van der Waals surface area contributed by atoms with E-state index in [9.17, 15) is 0 Å². The van der Waals surface area contributed by atoms with Crippen LogP contribution in [0.25, 0.3) is 27.8 Å². The van der Waals surface area contributed by atoms with Gasteiger partial charge in [0, 0.05) is 84.3 Å². The van der Waals surface area contributed by atoms with E-state index in [2.05, 4.69) is 75.9 Å². The first-order valence-electron chi connectivity index (χ1n) is 15.7. The maximum Gasteiger partial charge on any atom is 0.254 e. The molecule has 8 rings (SSSR count). The topological polar surface area (TPSA) is 94.3 Å². The Balaban J connectivity index is 1.17. The van der Waals surface area contributed by atoms with Crippen molar-refractivity contribution in [3.63, 3.8) is 0 Å². The molecule has 0 radical (unpaired) electrons. The van der Waals surface area contributed by atoms with Crippen molar-refractivity contribution < 1.29 is 9.47 Å². The van der Waals surface area contributed by atoms with E-state index in [1.54, 1.807) is 24.8 Å². The predicted molar refractivity (Wildman–Crippen MR) is 192 cm³/mol. The summed E-state index contributed by atoms with van der Waals surface area (Å²) in [6.45, 7) is 0. The van der Waals surface area contributed by atoms with Crippen LogP contribution in [0.1, 0.15) is 0 Å². The first-order valence-corrected chi connectivity index (χ1v) is 15.7. The SMILES string of the molecule is CN(c1cccc(Oc2ccccn2)c1)c1ccc2c3ccc(N(C)c4cccc(Oc5ccccn5)c4)cc3n(-c3nccnn3)c2c1. The van der Waals surface area contributed by atoms with Gasteiger partial charge >= 0.3 is 0 Å². The van der Waals surface area contributed by atoms with E-state index >= 15 is 0 Å². The molecule has 0 spiro atoms. The van der Waals surface area contributed by atoms with Crippen LogP contribution < -0.4 is 19.3 Å². The van der Waals surface area contributed by atoms with E-state index in [-0.39, 0.29) is 0 Å². The van der Waals surface area contributed by atoms with Gasteiger partial charge in [-0.05, 0) is 60.7 Å². The third-order valence-electron chi connectivity index (χ3n) is 8.31. The van der Waals surface area contributed by atoms with Crippen LogP contribution >= 0.6 is 0 Å². The molecule has 49 heavy (non-hydrogen) atoms. The summed E-state index contributed by atoms with van der Waals surface area (Å²) >= 11 is 0. The Kier molecular flexibility index (Phi) is 7.71. The molecule has 0 aliphatic rings. The minimum Gasteiger partial charge on any atom is -0.439 e. The molecule has 0 atom stereocenters. The Morgan fingerprint density at radius 2 is 1.02 bits per heavy atom. The minimum absolute atomic E-state index is 0.485. The van der Waals surface area contributed by atoms with Crippen molar-refractivity contribution in [1.29, 1.82) is 0 Å². The van der Waals surface area contributed by atoms with E-state index in [1.807, 2.05) is 99.0 Å². The average Bonchev–Trinajstić information content (AvgIpc) is 3.48. The molecule has 0 saturated heterocycles. The number of ether oxygens (including phenoxy) is 2. The molecule has 0 saturated carbocycles.